The van der Waals surface area contributed by atoms with Gasteiger partial charge >= 0.3 is 0 Å². The summed E-state index contributed by atoms with van der Waals surface area (Å²) >= 11 is 1.88. The molecule has 1 heterocycles. The number of aliphatic imine (C=N–C) groups is 1. The molecular formula is C15H26IN3S. The van der Waals surface area contributed by atoms with Crippen molar-refractivity contribution in [2.24, 2.45) is 10.9 Å². The summed E-state index contributed by atoms with van der Waals surface area (Å²) < 4.78 is 0. The highest BCUT2D eigenvalue weighted by Gasteiger charge is 2.20. The largest absolute Gasteiger partial charge is 0.356 e. The van der Waals surface area contributed by atoms with Gasteiger partial charge in [-0.2, -0.15) is 0 Å². The van der Waals surface area contributed by atoms with E-state index in [-0.39, 0.29) is 24.0 Å². The Morgan fingerprint density at radius 3 is 2.75 bits per heavy atom. The standard InChI is InChI=1S/C15H25N3S.HI/c1-11(10-14-7-4-12(2)19-14)18-15(16-3)17-9-8-13-5-6-13;/h4,7,11,13H,5-6,8-10H2,1-3H3,(H2,16,17,18);1H. The molecule has 0 bridgehead atoms. The molecule has 0 amide bonds. The Labute approximate surface area is 143 Å². The Morgan fingerprint density at radius 2 is 2.20 bits per heavy atom. The molecule has 1 unspecified atom stereocenters. The van der Waals surface area contributed by atoms with Crippen LogP contribution in [-0.4, -0.2) is 25.6 Å². The highest BCUT2D eigenvalue weighted by Crippen LogP contribution is 2.31. The zero-order valence-corrected chi connectivity index (χ0v) is 15.8. The third kappa shape index (κ3) is 6.43. The number of nitrogens with zero attached hydrogens (tertiary/aromatic N) is 1. The lowest BCUT2D eigenvalue weighted by Crippen LogP contribution is -2.43. The van der Waals surface area contributed by atoms with Crippen LogP contribution in [0, 0.1) is 12.8 Å². The fourth-order valence-corrected chi connectivity index (χ4v) is 3.20. The molecule has 1 aromatic rings. The highest BCUT2D eigenvalue weighted by atomic mass is 127. The molecule has 114 valence electrons. The Balaban J connectivity index is 0.00000200. The lowest BCUT2D eigenvalue weighted by molar-refractivity contribution is 0.630. The molecule has 1 fully saturated rings. The number of hydrogen-bond acceptors (Lipinski definition) is 2. The van der Waals surface area contributed by atoms with Gasteiger partial charge in [0.2, 0.25) is 0 Å². The summed E-state index contributed by atoms with van der Waals surface area (Å²) in [6, 6.07) is 4.82. The predicted octanol–water partition coefficient (Wildman–Crippen LogP) is 3.57. The Morgan fingerprint density at radius 1 is 1.45 bits per heavy atom. The summed E-state index contributed by atoms with van der Waals surface area (Å²) in [4.78, 5) is 7.11. The second kappa shape index (κ2) is 8.87. The summed E-state index contributed by atoms with van der Waals surface area (Å²) in [6.07, 6.45) is 5.17. The highest BCUT2D eigenvalue weighted by molar-refractivity contribution is 14.0. The van der Waals surface area contributed by atoms with E-state index in [0.29, 0.717) is 6.04 Å². The lowest BCUT2D eigenvalue weighted by atomic mass is 10.2. The quantitative estimate of drug-likeness (QED) is 0.430. The fourth-order valence-electron chi connectivity index (χ4n) is 2.18. The van der Waals surface area contributed by atoms with Crippen LogP contribution in [0.5, 0.6) is 0 Å². The molecular weight excluding hydrogens is 381 g/mol. The van der Waals surface area contributed by atoms with E-state index in [4.69, 9.17) is 0 Å². The smallest absolute Gasteiger partial charge is 0.191 e. The van der Waals surface area contributed by atoms with Crippen LogP contribution < -0.4 is 10.6 Å². The van der Waals surface area contributed by atoms with Gasteiger partial charge in [-0.25, -0.2) is 0 Å². The minimum absolute atomic E-state index is 0. The Kier molecular flexibility index (Phi) is 7.87. The molecule has 1 saturated carbocycles. The van der Waals surface area contributed by atoms with Crippen molar-refractivity contribution in [2.45, 2.75) is 45.6 Å². The van der Waals surface area contributed by atoms with Crippen molar-refractivity contribution in [3.8, 4) is 0 Å². The molecule has 0 aromatic carbocycles. The van der Waals surface area contributed by atoms with Crippen molar-refractivity contribution < 1.29 is 0 Å². The first kappa shape index (κ1) is 17.8. The van der Waals surface area contributed by atoms with Gasteiger partial charge in [0.25, 0.3) is 0 Å². The molecule has 0 spiro atoms. The second-order valence-corrected chi connectivity index (χ2v) is 6.87. The van der Waals surface area contributed by atoms with Crippen LogP contribution >= 0.6 is 35.3 Å². The summed E-state index contributed by atoms with van der Waals surface area (Å²) in [5.74, 6) is 1.90. The average Bonchev–Trinajstić information content (AvgIpc) is 3.11. The number of rotatable bonds is 6. The van der Waals surface area contributed by atoms with Crippen molar-refractivity contribution in [1.82, 2.24) is 10.6 Å². The summed E-state index contributed by atoms with van der Waals surface area (Å²) in [5, 5.41) is 6.87. The summed E-state index contributed by atoms with van der Waals surface area (Å²) in [6.45, 7) is 5.41. The third-order valence-corrected chi connectivity index (χ3v) is 4.48. The van der Waals surface area contributed by atoms with Crippen molar-refractivity contribution >= 4 is 41.3 Å². The number of halogens is 1. The first-order valence-corrected chi connectivity index (χ1v) is 8.01. The third-order valence-electron chi connectivity index (χ3n) is 3.45. The van der Waals surface area contributed by atoms with Crippen molar-refractivity contribution in [3.63, 3.8) is 0 Å². The Hall–Kier alpha value is -0.300. The molecule has 0 radical (unpaired) electrons. The first-order chi connectivity index (χ1) is 9.17. The van der Waals surface area contributed by atoms with Gasteiger partial charge in [0.1, 0.15) is 0 Å². The molecule has 2 rings (SSSR count). The summed E-state index contributed by atoms with van der Waals surface area (Å²) in [7, 11) is 1.84. The van der Waals surface area contributed by atoms with Crippen LogP contribution in [0.3, 0.4) is 0 Å². The topological polar surface area (TPSA) is 36.4 Å². The average molecular weight is 407 g/mol. The van der Waals surface area contributed by atoms with Gasteiger partial charge in [0, 0.05) is 35.8 Å². The minimum atomic E-state index is 0. The van der Waals surface area contributed by atoms with E-state index in [9.17, 15) is 0 Å². The molecule has 1 aliphatic carbocycles. The van der Waals surface area contributed by atoms with Gasteiger partial charge in [-0.1, -0.05) is 12.8 Å². The molecule has 20 heavy (non-hydrogen) atoms. The van der Waals surface area contributed by atoms with Gasteiger partial charge in [-0.05, 0) is 38.3 Å². The second-order valence-electron chi connectivity index (χ2n) is 5.49. The molecule has 5 heteroatoms. The number of thiophene rings is 1. The molecule has 1 atom stereocenters. The minimum Gasteiger partial charge on any atom is -0.356 e. The maximum absolute atomic E-state index is 4.29. The van der Waals surface area contributed by atoms with E-state index in [0.717, 1.165) is 24.8 Å². The molecule has 2 N–H and O–H groups in total. The molecule has 3 nitrogen and oxygen atoms in total. The van der Waals surface area contributed by atoms with Gasteiger partial charge in [0.05, 0.1) is 0 Å². The first-order valence-electron chi connectivity index (χ1n) is 7.20. The lowest BCUT2D eigenvalue weighted by Gasteiger charge is -2.17. The zero-order chi connectivity index (χ0) is 13.7. The zero-order valence-electron chi connectivity index (χ0n) is 12.6. The molecule has 1 aliphatic rings. The molecule has 1 aromatic heterocycles. The van der Waals surface area contributed by atoms with E-state index < -0.39 is 0 Å². The fraction of sp³-hybridized carbons (Fsp3) is 0.667. The van der Waals surface area contributed by atoms with E-state index in [1.54, 1.807) is 0 Å². The number of guanidine groups is 1. The normalized spacial score (nSPS) is 16.4. The van der Waals surface area contributed by atoms with E-state index >= 15 is 0 Å². The van der Waals surface area contributed by atoms with Crippen LogP contribution in [0.25, 0.3) is 0 Å². The van der Waals surface area contributed by atoms with Gasteiger partial charge in [-0.15, -0.1) is 35.3 Å². The van der Waals surface area contributed by atoms with E-state index in [1.807, 2.05) is 18.4 Å². The Bertz CT molecular complexity index is 427. The maximum Gasteiger partial charge on any atom is 0.191 e. The van der Waals surface area contributed by atoms with Crippen molar-refractivity contribution in [1.29, 1.82) is 0 Å². The van der Waals surface area contributed by atoms with Gasteiger partial charge in [0.15, 0.2) is 5.96 Å². The van der Waals surface area contributed by atoms with Crippen molar-refractivity contribution in [3.05, 3.63) is 21.9 Å². The molecule has 0 aliphatic heterocycles. The van der Waals surface area contributed by atoms with Crippen LogP contribution in [-0.2, 0) is 6.42 Å². The number of nitrogens with one attached hydrogen (secondary N) is 2. The maximum atomic E-state index is 4.29. The van der Waals surface area contributed by atoms with E-state index in [1.165, 1.54) is 29.0 Å². The monoisotopic (exact) mass is 407 g/mol. The van der Waals surface area contributed by atoms with Gasteiger partial charge < -0.3 is 10.6 Å². The number of hydrogen-bond donors (Lipinski definition) is 2. The van der Waals surface area contributed by atoms with Crippen LogP contribution in [0.2, 0.25) is 0 Å². The SMILES string of the molecule is CN=C(NCCC1CC1)NC(C)Cc1ccc(C)s1.I. The van der Waals surface area contributed by atoms with Crippen LogP contribution in [0.15, 0.2) is 17.1 Å². The van der Waals surface area contributed by atoms with Crippen LogP contribution in [0.4, 0.5) is 0 Å². The van der Waals surface area contributed by atoms with Crippen molar-refractivity contribution in [2.75, 3.05) is 13.6 Å². The van der Waals surface area contributed by atoms with Crippen LogP contribution in [0.1, 0.15) is 35.9 Å². The predicted molar refractivity (Wildman–Crippen MR) is 99.5 cm³/mol. The van der Waals surface area contributed by atoms with E-state index in [2.05, 4.69) is 41.6 Å². The molecule has 0 saturated heterocycles. The van der Waals surface area contributed by atoms with Gasteiger partial charge in [-0.3, -0.25) is 4.99 Å². The summed E-state index contributed by atoms with van der Waals surface area (Å²) in [5.41, 5.74) is 0. The number of aryl methyl sites for hydroxylation is 1.